The quantitative estimate of drug-likeness (QED) is 0.455. The monoisotopic (exact) mass is 441 g/mol. The van der Waals surface area contributed by atoms with Crippen LogP contribution in [0.3, 0.4) is 0 Å². The van der Waals surface area contributed by atoms with Crippen LogP contribution in [0.15, 0.2) is 60.7 Å². The van der Waals surface area contributed by atoms with E-state index in [1.54, 1.807) is 4.68 Å². The van der Waals surface area contributed by atoms with Crippen LogP contribution in [0.4, 0.5) is 0 Å². The molecule has 2 heterocycles. The van der Waals surface area contributed by atoms with Gasteiger partial charge in [0.05, 0.1) is 12.1 Å². The number of ether oxygens (including phenoxy) is 1. The lowest BCUT2D eigenvalue weighted by Crippen LogP contribution is -2.25. The Bertz CT molecular complexity index is 1260. The minimum atomic E-state index is -0.0727. The number of hydrogen-bond acceptors (Lipinski definition) is 5. The van der Waals surface area contributed by atoms with E-state index in [4.69, 9.17) is 4.74 Å². The summed E-state index contributed by atoms with van der Waals surface area (Å²) in [6.45, 7) is 8.11. The van der Waals surface area contributed by atoms with E-state index in [9.17, 15) is 4.79 Å². The molecule has 2 aromatic carbocycles. The van der Waals surface area contributed by atoms with Crippen LogP contribution in [-0.4, -0.2) is 25.7 Å². The first kappa shape index (κ1) is 22.2. The lowest BCUT2D eigenvalue weighted by molar-refractivity contribution is -0.120. The standard InChI is InChI=1S/C26H27N5O2/c1-17-13-18(2)29-26(28-17)31-20(4)24(19(3)30-31)15-25(32)27-16-21-9-8-12-23(14-21)33-22-10-6-5-7-11-22/h5-14H,15-16H2,1-4H3,(H,27,32). The molecule has 7 heteroatoms. The summed E-state index contributed by atoms with van der Waals surface area (Å²) in [5, 5.41) is 7.58. The van der Waals surface area contributed by atoms with Gasteiger partial charge in [-0.1, -0.05) is 30.3 Å². The smallest absolute Gasteiger partial charge is 0.251 e. The zero-order valence-corrected chi connectivity index (χ0v) is 19.3. The molecule has 0 fully saturated rings. The third-order valence-electron chi connectivity index (χ3n) is 5.31. The summed E-state index contributed by atoms with van der Waals surface area (Å²) in [6.07, 6.45) is 0.239. The number of rotatable bonds is 7. The maximum absolute atomic E-state index is 12.7. The van der Waals surface area contributed by atoms with Crippen molar-refractivity contribution in [2.45, 2.75) is 40.7 Å². The van der Waals surface area contributed by atoms with Gasteiger partial charge in [0.2, 0.25) is 5.91 Å². The molecule has 4 rings (SSSR count). The van der Waals surface area contributed by atoms with Crippen molar-refractivity contribution in [2.75, 3.05) is 0 Å². The van der Waals surface area contributed by atoms with Gasteiger partial charge in [0.25, 0.3) is 5.95 Å². The molecule has 0 aliphatic heterocycles. The van der Waals surface area contributed by atoms with Gasteiger partial charge in [0.1, 0.15) is 11.5 Å². The van der Waals surface area contributed by atoms with Crippen LogP contribution in [-0.2, 0) is 17.8 Å². The Morgan fingerprint density at radius 2 is 1.61 bits per heavy atom. The lowest BCUT2D eigenvalue weighted by atomic mass is 10.1. The van der Waals surface area contributed by atoms with Crippen molar-refractivity contribution in [3.8, 4) is 17.4 Å². The highest BCUT2D eigenvalue weighted by Crippen LogP contribution is 2.22. The minimum absolute atomic E-state index is 0.0727. The molecule has 1 amide bonds. The van der Waals surface area contributed by atoms with Gasteiger partial charge in [-0.2, -0.15) is 5.10 Å². The van der Waals surface area contributed by atoms with Crippen LogP contribution >= 0.6 is 0 Å². The summed E-state index contributed by atoms with van der Waals surface area (Å²) in [6, 6.07) is 19.2. The Morgan fingerprint density at radius 3 is 2.33 bits per heavy atom. The Kier molecular flexibility index (Phi) is 6.49. The largest absolute Gasteiger partial charge is 0.457 e. The zero-order valence-electron chi connectivity index (χ0n) is 19.3. The topological polar surface area (TPSA) is 81.9 Å². The minimum Gasteiger partial charge on any atom is -0.457 e. The number of aryl methyl sites for hydroxylation is 3. The van der Waals surface area contributed by atoms with E-state index in [1.165, 1.54) is 0 Å². The fourth-order valence-electron chi connectivity index (χ4n) is 3.69. The normalized spacial score (nSPS) is 10.8. The molecule has 0 atom stereocenters. The van der Waals surface area contributed by atoms with E-state index in [0.717, 1.165) is 45.4 Å². The highest BCUT2D eigenvalue weighted by molar-refractivity contribution is 5.79. The van der Waals surface area contributed by atoms with Crippen molar-refractivity contribution in [3.63, 3.8) is 0 Å². The molecular weight excluding hydrogens is 414 g/mol. The maximum atomic E-state index is 12.7. The van der Waals surface area contributed by atoms with Crippen molar-refractivity contribution in [3.05, 3.63) is 94.6 Å². The third kappa shape index (κ3) is 5.44. The predicted molar refractivity (Wildman–Crippen MR) is 127 cm³/mol. The van der Waals surface area contributed by atoms with Crippen molar-refractivity contribution in [1.82, 2.24) is 25.1 Å². The summed E-state index contributed by atoms with van der Waals surface area (Å²) in [4.78, 5) is 21.7. The lowest BCUT2D eigenvalue weighted by Gasteiger charge is -2.09. The van der Waals surface area contributed by atoms with Crippen LogP contribution in [0.5, 0.6) is 11.5 Å². The van der Waals surface area contributed by atoms with Gasteiger partial charge >= 0.3 is 0 Å². The summed E-state index contributed by atoms with van der Waals surface area (Å²) in [5.41, 5.74) is 5.26. The molecule has 0 bridgehead atoms. The Balaban J connectivity index is 1.41. The average molecular weight is 442 g/mol. The van der Waals surface area contributed by atoms with E-state index in [2.05, 4.69) is 20.4 Å². The Morgan fingerprint density at radius 1 is 0.909 bits per heavy atom. The number of aromatic nitrogens is 4. The van der Waals surface area contributed by atoms with E-state index in [1.807, 2.05) is 88.4 Å². The zero-order chi connectivity index (χ0) is 23.4. The van der Waals surface area contributed by atoms with E-state index in [-0.39, 0.29) is 12.3 Å². The molecule has 7 nitrogen and oxygen atoms in total. The second-order valence-corrected chi connectivity index (χ2v) is 8.03. The summed E-state index contributed by atoms with van der Waals surface area (Å²) < 4.78 is 7.59. The van der Waals surface area contributed by atoms with E-state index >= 15 is 0 Å². The molecule has 33 heavy (non-hydrogen) atoms. The van der Waals surface area contributed by atoms with Crippen LogP contribution in [0.2, 0.25) is 0 Å². The molecule has 0 aliphatic carbocycles. The first-order chi connectivity index (χ1) is 15.9. The van der Waals surface area contributed by atoms with Gasteiger partial charge in [0, 0.05) is 29.2 Å². The number of para-hydroxylation sites is 1. The maximum Gasteiger partial charge on any atom is 0.251 e. The molecule has 0 saturated heterocycles. The first-order valence-electron chi connectivity index (χ1n) is 10.9. The Labute approximate surface area is 193 Å². The van der Waals surface area contributed by atoms with Crippen LogP contribution in [0.1, 0.15) is 33.9 Å². The molecule has 0 saturated carbocycles. The van der Waals surface area contributed by atoms with E-state index in [0.29, 0.717) is 12.5 Å². The number of benzene rings is 2. The van der Waals surface area contributed by atoms with Crippen molar-refractivity contribution >= 4 is 5.91 Å². The van der Waals surface area contributed by atoms with Crippen LogP contribution in [0.25, 0.3) is 5.95 Å². The van der Waals surface area contributed by atoms with Crippen LogP contribution < -0.4 is 10.1 Å². The molecule has 2 aromatic heterocycles. The number of amides is 1. The van der Waals surface area contributed by atoms with Gasteiger partial charge in [-0.05, 0) is 63.6 Å². The highest BCUT2D eigenvalue weighted by atomic mass is 16.5. The number of nitrogens with zero attached hydrogens (tertiary/aromatic N) is 4. The SMILES string of the molecule is Cc1cc(C)nc(-n2nc(C)c(CC(=O)NCc3cccc(Oc4ccccc4)c3)c2C)n1. The molecule has 0 unspecified atom stereocenters. The first-order valence-corrected chi connectivity index (χ1v) is 10.9. The van der Waals surface area contributed by atoms with Crippen molar-refractivity contribution < 1.29 is 9.53 Å². The van der Waals surface area contributed by atoms with Gasteiger partial charge in [-0.15, -0.1) is 0 Å². The molecule has 1 N–H and O–H groups in total. The fraction of sp³-hybridized carbons (Fsp3) is 0.231. The summed E-state index contributed by atoms with van der Waals surface area (Å²) in [5.74, 6) is 1.95. The van der Waals surface area contributed by atoms with Gasteiger partial charge < -0.3 is 10.1 Å². The van der Waals surface area contributed by atoms with E-state index < -0.39 is 0 Å². The fourth-order valence-corrected chi connectivity index (χ4v) is 3.69. The predicted octanol–water partition coefficient (Wildman–Crippen LogP) is 4.55. The second kappa shape index (κ2) is 9.65. The summed E-state index contributed by atoms with van der Waals surface area (Å²) in [7, 11) is 0. The third-order valence-corrected chi connectivity index (χ3v) is 5.31. The molecule has 168 valence electrons. The van der Waals surface area contributed by atoms with Crippen molar-refractivity contribution in [2.24, 2.45) is 0 Å². The average Bonchev–Trinajstić information content (AvgIpc) is 3.06. The number of hydrogen-bond donors (Lipinski definition) is 1. The molecule has 0 aliphatic rings. The van der Waals surface area contributed by atoms with Crippen LogP contribution in [0, 0.1) is 27.7 Å². The molecule has 0 radical (unpaired) electrons. The molecular formula is C26H27N5O2. The number of carbonyl (C=O) groups is 1. The molecule has 0 spiro atoms. The van der Waals surface area contributed by atoms with Gasteiger partial charge in [-0.3, -0.25) is 4.79 Å². The van der Waals surface area contributed by atoms with Gasteiger partial charge in [0.15, 0.2) is 0 Å². The highest BCUT2D eigenvalue weighted by Gasteiger charge is 2.17. The second-order valence-electron chi connectivity index (χ2n) is 8.03. The van der Waals surface area contributed by atoms with Crippen molar-refractivity contribution in [1.29, 1.82) is 0 Å². The number of nitrogens with one attached hydrogen (secondary N) is 1. The van der Waals surface area contributed by atoms with Gasteiger partial charge in [-0.25, -0.2) is 14.6 Å². The Hall–Kier alpha value is -4.00. The summed E-state index contributed by atoms with van der Waals surface area (Å²) >= 11 is 0. The molecule has 4 aromatic rings. The number of carbonyl (C=O) groups excluding carboxylic acids is 1.